The van der Waals surface area contributed by atoms with Gasteiger partial charge in [-0.05, 0) is 40.2 Å². The highest BCUT2D eigenvalue weighted by atomic mass is 127. The van der Waals surface area contributed by atoms with Crippen LogP contribution >= 0.6 is 35.3 Å². The highest BCUT2D eigenvalue weighted by Gasteiger charge is 2.23. The van der Waals surface area contributed by atoms with Crippen LogP contribution in [0.3, 0.4) is 0 Å². The molecule has 0 aliphatic carbocycles. The van der Waals surface area contributed by atoms with Crippen molar-refractivity contribution in [3.05, 3.63) is 15.6 Å². The first-order valence-corrected chi connectivity index (χ1v) is 9.63. The van der Waals surface area contributed by atoms with Gasteiger partial charge in [-0.2, -0.15) is 0 Å². The molecule has 0 saturated carbocycles. The summed E-state index contributed by atoms with van der Waals surface area (Å²) >= 11 is 1.73. The molecule has 1 aliphatic heterocycles. The van der Waals surface area contributed by atoms with Crippen LogP contribution in [0.15, 0.2) is 4.99 Å². The van der Waals surface area contributed by atoms with Crippen molar-refractivity contribution in [2.45, 2.75) is 46.2 Å². The first-order valence-electron chi connectivity index (χ1n) is 8.82. The minimum absolute atomic E-state index is 0. The summed E-state index contributed by atoms with van der Waals surface area (Å²) in [6.07, 6.45) is 2.50. The summed E-state index contributed by atoms with van der Waals surface area (Å²) in [5.74, 6) is 0.876. The Morgan fingerprint density at radius 2 is 2.20 bits per heavy atom. The standard InChI is InChI=1S/C17H31N5OS.HI/c1-5-18-17(20-12-16-21-13(2)14(3)24-16)19-11-15-7-6-8-22(15)9-10-23-4;/h15H,5-12H2,1-4H3,(H2,18,19,20);1H. The molecule has 2 N–H and O–H groups in total. The number of nitrogens with zero attached hydrogens (tertiary/aromatic N) is 3. The Kier molecular flexibility index (Phi) is 10.9. The second-order valence-electron chi connectivity index (χ2n) is 6.15. The van der Waals surface area contributed by atoms with E-state index >= 15 is 0 Å². The molecule has 1 atom stereocenters. The first-order chi connectivity index (χ1) is 11.6. The molecule has 0 radical (unpaired) electrons. The fourth-order valence-electron chi connectivity index (χ4n) is 2.94. The van der Waals surface area contributed by atoms with E-state index in [9.17, 15) is 0 Å². The van der Waals surface area contributed by atoms with E-state index < -0.39 is 0 Å². The average molecular weight is 481 g/mol. The van der Waals surface area contributed by atoms with Gasteiger partial charge in [0.05, 0.1) is 18.8 Å². The Morgan fingerprint density at radius 3 is 2.84 bits per heavy atom. The van der Waals surface area contributed by atoms with Gasteiger partial charge in [0.1, 0.15) is 5.01 Å². The molecule has 8 heteroatoms. The number of likely N-dealkylation sites (tertiary alicyclic amines) is 1. The number of methoxy groups -OCH3 is 1. The monoisotopic (exact) mass is 481 g/mol. The van der Waals surface area contributed by atoms with E-state index in [2.05, 4.69) is 46.3 Å². The zero-order valence-electron chi connectivity index (χ0n) is 15.8. The number of aromatic nitrogens is 1. The number of hydrogen-bond acceptors (Lipinski definition) is 5. The number of ether oxygens (including phenoxy) is 1. The molecule has 1 aliphatic rings. The summed E-state index contributed by atoms with van der Waals surface area (Å²) in [7, 11) is 1.77. The molecule has 2 heterocycles. The third-order valence-electron chi connectivity index (χ3n) is 4.38. The lowest BCUT2D eigenvalue weighted by molar-refractivity contribution is 0.141. The second-order valence-corrected chi connectivity index (χ2v) is 7.44. The summed E-state index contributed by atoms with van der Waals surface area (Å²) in [6, 6.07) is 0.563. The summed E-state index contributed by atoms with van der Waals surface area (Å²) in [5.41, 5.74) is 1.11. The quantitative estimate of drug-likeness (QED) is 0.340. The zero-order valence-corrected chi connectivity index (χ0v) is 18.9. The topological polar surface area (TPSA) is 61.8 Å². The van der Waals surface area contributed by atoms with Crippen LogP contribution in [0.1, 0.15) is 35.3 Å². The number of rotatable bonds is 8. The number of thiazole rings is 1. The molecular formula is C17H32IN5OS. The Balaban J connectivity index is 0.00000312. The van der Waals surface area contributed by atoms with Gasteiger partial charge in [-0.1, -0.05) is 0 Å². The first kappa shape index (κ1) is 22.6. The maximum Gasteiger partial charge on any atom is 0.191 e. The minimum atomic E-state index is 0. The summed E-state index contributed by atoms with van der Waals surface area (Å²) in [5, 5.41) is 7.90. The highest BCUT2D eigenvalue weighted by molar-refractivity contribution is 14.0. The lowest BCUT2D eigenvalue weighted by atomic mass is 10.2. The third-order valence-corrected chi connectivity index (χ3v) is 5.43. The van der Waals surface area contributed by atoms with E-state index in [1.165, 1.54) is 24.3 Å². The number of aryl methyl sites for hydroxylation is 2. The number of nitrogens with one attached hydrogen (secondary N) is 2. The maximum absolute atomic E-state index is 5.21. The molecule has 1 aromatic heterocycles. The SMILES string of the molecule is CCNC(=NCc1nc(C)c(C)s1)NCC1CCCN1CCOC.I. The summed E-state index contributed by atoms with van der Waals surface area (Å²) in [4.78, 5) is 13.0. The predicted octanol–water partition coefficient (Wildman–Crippen LogP) is 2.54. The van der Waals surface area contributed by atoms with Crippen LogP contribution in [0.2, 0.25) is 0 Å². The van der Waals surface area contributed by atoms with Crippen molar-refractivity contribution >= 4 is 41.3 Å². The summed E-state index contributed by atoms with van der Waals surface area (Å²) < 4.78 is 5.21. The molecule has 0 aromatic carbocycles. The lowest BCUT2D eigenvalue weighted by Crippen LogP contribution is -2.45. The molecule has 1 fully saturated rings. The molecule has 1 saturated heterocycles. The average Bonchev–Trinajstić information content (AvgIpc) is 3.14. The molecule has 1 aromatic rings. The molecule has 25 heavy (non-hydrogen) atoms. The van der Waals surface area contributed by atoms with Crippen molar-refractivity contribution in [2.75, 3.05) is 39.9 Å². The number of halogens is 1. The molecule has 0 bridgehead atoms. The Hall–Kier alpha value is -0.450. The van der Waals surface area contributed by atoms with Crippen molar-refractivity contribution < 1.29 is 4.74 Å². The van der Waals surface area contributed by atoms with Crippen LogP contribution in [0, 0.1) is 13.8 Å². The van der Waals surface area contributed by atoms with Crippen LogP contribution in [0.5, 0.6) is 0 Å². The number of aliphatic imine (C=N–C) groups is 1. The van der Waals surface area contributed by atoms with Gasteiger partial charge in [0.2, 0.25) is 0 Å². The Bertz CT molecular complexity index is 518. The van der Waals surface area contributed by atoms with Gasteiger partial charge in [0.25, 0.3) is 0 Å². The van der Waals surface area contributed by atoms with E-state index in [0.717, 1.165) is 42.9 Å². The zero-order chi connectivity index (χ0) is 17.4. The van der Waals surface area contributed by atoms with Crippen LogP contribution in [-0.2, 0) is 11.3 Å². The van der Waals surface area contributed by atoms with E-state index in [4.69, 9.17) is 4.74 Å². The van der Waals surface area contributed by atoms with Crippen molar-refractivity contribution in [3.8, 4) is 0 Å². The minimum Gasteiger partial charge on any atom is -0.383 e. The Labute approximate surface area is 172 Å². The van der Waals surface area contributed by atoms with E-state index in [1.807, 2.05) is 0 Å². The van der Waals surface area contributed by atoms with E-state index in [0.29, 0.717) is 12.6 Å². The van der Waals surface area contributed by atoms with Gasteiger partial charge in [0.15, 0.2) is 5.96 Å². The van der Waals surface area contributed by atoms with Crippen LogP contribution in [0.25, 0.3) is 0 Å². The van der Waals surface area contributed by atoms with Gasteiger partial charge in [-0.25, -0.2) is 9.98 Å². The lowest BCUT2D eigenvalue weighted by Gasteiger charge is -2.25. The molecular weight excluding hydrogens is 449 g/mol. The van der Waals surface area contributed by atoms with Gasteiger partial charge < -0.3 is 15.4 Å². The maximum atomic E-state index is 5.21. The number of hydrogen-bond donors (Lipinski definition) is 2. The normalized spacial score (nSPS) is 18.2. The molecule has 0 spiro atoms. The largest absolute Gasteiger partial charge is 0.383 e. The van der Waals surface area contributed by atoms with Crippen molar-refractivity contribution in [3.63, 3.8) is 0 Å². The number of guanidine groups is 1. The van der Waals surface area contributed by atoms with Gasteiger partial charge >= 0.3 is 0 Å². The van der Waals surface area contributed by atoms with Crippen LogP contribution < -0.4 is 10.6 Å². The Morgan fingerprint density at radius 1 is 1.40 bits per heavy atom. The van der Waals surface area contributed by atoms with E-state index in [1.54, 1.807) is 18.4 Å². The molecule has 144 valence electrons. The second kappa shape index (κ2) is 12.0. The fourth-order valence-corrected chi connectivity index (χ4v) is 3.80. The van der Waals surface area contributed by atoms with Crippen LogP contribution in [-0.4, -0.2) is 61.8 Å². The molecule has 6 nitrogen and oxygen atoms in total. The molecule has 1 unspecified atom stereocenters. The van der Waals surface area contributed by atoms with Crippen molar-refractivity contribution in [1.82, 2.24) is 20.5 Å². The van der Waals surface area contributed by atoms with Crippen molar-refractivity contribution in [2.24, 2.45) is 4.99 Å². The van der Waals surface area contributed by atoms with E-state index in [-0.39, 0.29) is 24.0 Å². The summed E-state index contributed by atoms with van der Waals surface area (Å²) in [6.45, 7) is 11.6. The third kappa shape index (κ3) is 7.36. The predicted molar refractivity (Wildman–Crippen MR) is 116 cm³/mol. The fraction of sp³-hybridized carbons (Fsp3) is 0.765. The smallest absolute Gasteiger partial charge is 0.191 e. The van der Waals surface area contributed by atoms with Gasteiger partial charge in [-0.15, -0.1) is 35.3 Å². The van der Waals surface area contributed by atoms with Crippen LogP contribution in [0.4, 0.5) is 0 Å². The molecule has 0 amide bonds. The highest BCUT2D eigenvalue weighted by Crippen LogP contribution is 2.17. The van der Waals surface area contributed by atoms with Gasteiger partial charge in [-0.3, -0.25) is 4.90 Å². The molecule has 2 rings (SSSR count). The van der Waals surface area contributed by atoms with Gasteiger partial charge in [0, 0.05) is 37.7 Å². The van der Waals surface area contributed by atoms with Crippen molar-refractivity contribution in [1.29, 1.82) is 0 Å².